The maximum atomic E-state index is 13.0. The van der Waals surface area contributed by atoms with E-state index in [9.17, 15) is 14.5 Å². The summed E-state index contributed by atoms with van der Waals surface area (Å²) in [7, 11) is 0. The van der Waals surface area contributed by atoms with Crippen molar-refractivity contribution in [3.05, 3.63) is 96.7 Å². The van der Waals surface area contributed by atoms with E-state index in [4.69, 9.17) is 4.74 Å². The molecule has 8 heteroatoms. The van der Waals surface area contributed by atoms with Crippen molar-refractivity contribution in [1.82, 2.24) is 0 Å². The third kappa shape index (κ3) is 5.30. The minimum atomic E-state index is -0.425. The van der Waals surface area contributed by atoms with Crippen LogP contribution in [0.5, 0.6) is 5.75 Å². The summed E-state index contributed by atoms with van der Waals surface area (Å²) in [6.45, 7) is 0.791. The molecule has 1 N–H and O–H groups in total. The number of halogens is 3. The number of ether oxygens (including phenoxy) is 1. The van der Waals surface area contributed by atoms with E-state index in [0.717, 1.165) is 20.1 Å². The van der Waals surface area contributed by atoms with Crippen molar-refractivity contribution < 1.29 is 14.1 Å². The Labute approximate surface area is 177 Å². The quantitative estimate of drug-likeness (QED) is 0.293. The number of non-ortho nitro benzene ring substituents is 1. The molecule has 0 saturated carbocycles. The minimum absolute atomic E-state index is 0.0388. The molecule has 0 aromatic heterocycles. The number of nitrogens with zero attached hydrogens (tertiary/aromatic N) is 1. The molecule has 0 radical (unpaired) electrons. The standard InChI is InChI=1S/C20H15Br2FN2O3/c21-18-8-14(11-24-16-2-1-3-17(10-16)25(26)27)9-19(22)20(18)28-12-13-4-6-15(23)7-5-13/h1-10,24H,11-12H2. The van der Waals surface area contributed by atoms with Crippen LogP contribution >= 0.6 is 31.9 Å². The zero-order chi connectivity index (χ0) is 20.1. The largest absolute Gasteiger partial charge is 0.487 e. The number of nitro benzene ring substituents is 1. The number of hydrogen-bond acceptors (Lipinski definition) is 4. The first-order chi connectivity index (χ1) is 13.4. The number of nitro groups is 1. The van der Waals surface area contributed by atoms with Crippen molar-refractivity contribution >= 4 is 43.2 Å². The van der Waals surface area contributed by atoms with Crippen molar-refractivity contribution in [2.45, 2.75) is 13.2 Å². The van der Waals surface area contributed by atoms with Crippen LogP contribution in [0.2, 0.25) is 0 Å². The first kappa shape index (κ1) is 20.3. The van der Waals surface area contributed by atoms with E-state index in [1.54, 1.807) is 24.3 Å². The van der Waals surface area contributed by atoms with E-state index in [1.165, 1.54) is 24.3 Å². The van der Waals surface area contributed by atoms with E-state index in [2.05, 4.69) is 37.2 Å². The Bertz CT molecular complexity index is 974. The lowest BCUT2D eigenvalue weighted by atomic mass is 10.2. The second kappa shape index (κ2) is 9.16. The highest BCUT2D eigenvalue weighted by molar-refractivity contribution is 9.11. The van der Waals surface area contributed by atoms with Crippen LogP contribution in [-0.2, 0) is 13.2 Å². The van der Waals surface area contributed by atoms with Gasteiger partial charge in [0, 0.05) is 24.4 Å². The van der Waals surface area contributed by atoms with Gasteiger partial charge in [-0.1, -0.05) is 18.2 Å². The third-order valence-electron chi connectivity index (χ3n) is 3.91. The average Bonchev–Trinajstić information content (AvgIpc) is 2.67. The molecule has 0 aliphatic carbocycles. The van der Waals surface area contributed by atoms with Crippen LogP contribution < -0.4 is 10.1 Å². The molecular weight excluding hydrogens is 495 g/mol. The van der Waals surface area contributed by atoms with Gasteiger partial charge in [-0.2, -0.15) is 0 Å². The molecule has 0 fully saturated rings. The smallest absolute Gasteiger partial charge is 0.271 e. The fourth-order valence-corrected chi connectivity index (χ4v) is 4.03. The highest BCUT2D eigenvalue weighted by atomic mass is 79.9. The Kier molecular flexibility index (Phi) is 6.64. The summed E-state index contributed by atoms with van der Waals surface area (Å²) < 4.78 is 20.4. The monoisotopic (exact) mass is 508 g/mol. The van der Waals surface area contributed by atoms with Gasteiger partial charge in [-0.05, 0) is 73.3 Å². The lowest BCUT2D eigenvalue weighted by Crippen LogP contribution is -2.02. The van der Waals surface area contributed by atoms with Crippen molar-refractivity contribution in [2.75, 3.05) is 5.32 Å². The first-order valence-electron chi connectivity index (χ1n) is 8.26. The summed E-state index contributed by atoms with van der Waals surface area (Å²) in [4.78, 5) is 10.4. The van der Waals surface area contributed by atoms with Crippen LogP contribution in [0.15, 0.2) is 69.6 Å². The molecule has 0 saturated heterocycles. The van der Waals surface area contributed by atoms with Gasteiger partial charge >= 0.3 is 0 Å². The van der Waals surface area contributed by atoms with Gasteiger partial charge in [0.15, 0.2) is 0 Å². The fraction of sp³-hybridized carbons (Fsp3) is 0.100. The molecule has 3 aromatic carbocycles. The van der Waals surface area contributed by atoms with Gasteiger partial charge in [-0.3, -0.25) is 10.1 Å². The van der Waals surface area contributed by atoms with Gasteiger partial charge in [-0.25, -0.2) is 4.39 Å². The van der Waals surface area contributed by atoms with Gasteiger partial charge < -0.3 is 10.1 Å². The molecule has 0 unspecified atom stereocenters. The van der Waals surface area contributed by atoms with Crippen molar-refractivity contribution in [2.24, 2.45) is 0 Å². The second-order valence-electron chi connectivity index (χ2n) is 5.96. The fourth-order valence-electron chi connectivity index (χ4n) is 2.52. The summed E-state index contributed by atoms with van der Waals surface area (Å²) in [6.07, 6.45) is 0. The minimum Gasteiger partial charge on any atom is -0.487 e. The Morgan fingerprint density at radius 1 is 1.00 bits per heavy atom. The predicted octanol–water partition coefficient (Wildman–Crippen LogP) is 6.45. The molecule has 0 atom stereocenters. The lowest BCUT2D eigenvalue weighted by Gasteiger charge is -2.13. The van der Waals surface area contributed by atoms with Gasteiger partial charge in [0.1, 0.15) is 18.2 Å². The van der Waals surface area contributed by atoms with E-state index >= 15 is 0 Å². The number of hydrogen-bond donors (Lipinski definition) is 1. The third-order valence-corrected chi connectivity index (χ3v) is 5.09. The summed E-state index contributed by atoms with van der Waals surface area (Å²) in [5.41, 5.74) is 2.52. The van der Waals surface area contributed by atoms with E-state index in [-0.39, 0.29) is 11.5 Å². The zero-order valence-electron chi connectivity index (χ0n) is 14.5. The molecule has 3 aromatic rings. The van der Waals surface area contributed by atoms with Crippen LogP contribution in [0, 0.1) is 15.9 Å². The maximum Gasteiger partial charge on any atom is 0.271 e. The average molecular weight is 510 g/mol. The highest BCUT2D eigenvalue weighted by Crippen LogP contribution is 2.35. The van der Waals surface area contributed by atoms with E-state index in [0.29, 0.717) is 24.6 Å². The SMILES string of the molecule is O=[N+]([O-])c1cccc(NCc2cc(Br)c(OCc3ccc(F)cc3)c(Br)c2)c1. The van der Waals surface area contributed by atoms with Gasteiger partial charge in [0.05, 0.1) is 13.9 Å². The summed E-state index contributed by atoms with van der Waals surface area (Å²) in [5.74, 6) is 0.357. The molecule has 144 valence electrons. The molecule has 0 aliphatic heterocycles. The molecule has 0 amide bonds. The molecule has 0 spiro atoms. The molecule has 0 heterocycles. The molecular formula is C20H15Br2FN2O3. The molecule has 28 heavy (non-hydrogen) atoms. The Balaban J connectivity index is 1.66. The van der Waals surface area contributed by atoms with Crippen LogP contribution in [-0.4, -0.2) is 4.92 Å². The van der Waals surface area contributed by atoms with Crippen molar-refractivity contribution in [3.63, 3.8) is 0 Å². The first-order valence-corrected chi connectivity index (χ1v) is 9.84. The summed E-state index contributed by atoms with van der Waals surface area (Å²) in [6, 6.07) is 16.3. The second-order valence-corrected chi connectivity index (χ2v) is 7.67. The van der Waals surface area contributed by atoms with Gasteiger partial charge in [0.25, 0.3) is 5.69 Å². The van der Waals surface area contributed by atoms with Crippen LogP contribution in [0.3, 0.4) is 0 Å². The van der Waals surface area contributed by atoms with Crippen molar-refractivity contribution in [1.29, 1.82) is 0 Å². The lowest BCUT2D eigenvalue weighted by molar-refractivity contribution is -0.384. The number of rotatable bonds is 7. The Morgan fingerprint density at radius 3 is 2.32 bits per heavy atom. The zero-order valence-corrected chi connectivity index (χ0v) is 17.7. The molecule has 3 rings (SSSR count). The number of nitrogens with one attached hydrogen (secondary N) is 1. The molecule has 0 bridgehead atoms. The van der Waals surface area contributed by atoms with Crippen LogP contribution in [0.1, 0.15) is 11.1 Å². The van der Waals surface area contributed by atoms with Gasteiger partial charge in [-0.15, -0.1) is 0 Å². The van der Waals surface area contributed by atoms with E-state index in [1.807, 2.05) is 12.1 Å². The summed E-state index contributed by atoms with van der Waals surface area (Å²) in [5, 5.41) is 14.0. The summed E-state index contributed by atoms with van der Waals surface area (Å²) >= 11 is 7.02. The Morgan fingerprint density at radius 2 is 1.68 bits per heavy atom. The van der Waals surface area contributed by atoms with Crippen molar-refractivity contribution in [3.8, 4) is 5.75 Å². The molecule has 5 nitrogen and oxygen atoms in total. The topological polar surface area (TPSA) is 64.4 Å². The Hall–Kier alpha value is -2.45. The number of anilines is 1. The van der Waals surface area contributed by atoms with Crippen LogP contribution in [0.4, 0.5) is 15.8 Å². The normalized spacial score (nSPS) is 10.5. The van der Waals surface area contributed by atoms with Crippen LogP contribution in [0.25, 0.3) is 0 Å². The van der Waals surface area contributed by atoms with Gasteiger partial charge in [0.2, 0.25) is 0 Å². The molecule has 0 aliphatic rings. The highest BCUT2D eigenvalue weighted by Gasteiger charge is 2.11. The predicted molar refractivity (Wildman–Crippen MR) is 113 cm³/mol. The number of benzene rings is 3. The van der Waals surface area contributed by atoms with E-state index < -0.39 is 4.92 Å². The maximum absolute atomic E-state index is 13.0.